The summed E-state index contributed by atoms with van der Waals surface area (Å²) >= 11 is 0. The topological polar surface area (TPSA) is 79.4 Å². The summed E-state index contributed by atoms with van der Waals surface area (Å²) in [6.07, 6.45) is 4.25. The Kier molecular flexibility index (Phi) is 7.08. The van der Waals surface area contributed by atoms with Crippen LogP contribution in [0.4, 0.5) is 16.4 Å². The van der Waals surface area contributed by atoms with Gasteiger partial charge in [0.1, 0.15) is 18.0 Å². The highest BCUT2D eigenvalue weighted by molar-refractivity contribution is 5.67. The molecule has 0 spiro atoms. The first-order chi connectivity index (χ1) is 11.6. The molecule has 7 heteroatoms. The Labute approximate surface area is 144 Å². The minimum atomic E-state index is -0.213. The van der Waals surface area contributed by atoms with E-state index in [1.165, 1.54) is 0 Å². The first kappa shape index (κ1) is 18.3. The van der Waals surface area contributed by atoms with Crippen LogP contribution in [0.3, 0.4) is 0 Å². The van der Waals surface area contributed by atoms with Gasteiger partial charge in [0, 0.05) is 31.7 Å². The number of piperidine rings is 1. The maximum absolute atomic E-state index is 11.7. The first-order valence-electron chi connectivity index (χ1n) is 8.82. The molecule has 0 saturated carbocycles. The maximum Gasteiger partial charge on any atom is 0.409 e. The van der Waals surface area contributed by atoms with Crippen molar-refractivity contribution in [3.05, 3.63) is 12.4 Å². The van der Waals surface area contributed by atoms with E-state index in [0.29, 0.717) is 31.7 Å². The van der Waals surface area contributed by atoms with Gasteiger partial charge in [-0.1, -0.05) is 13.8 Å². The van der Waals surface area contributed by atoms with E-state index in [1.807, 2.05) is 13.0 Å². The van der Waals surface area contributed by atoms with Crippen molar-refractivity contribution in [1.82, 2.24) is 14.9 Å². The molecule has 24 heavy (non-hydrogen) atoms. The smallest absolute Gasteiger partial charge is 0.409 e. The van der Waals surface area contributed by atoms with Gasteiger partial charge in [0.15, 0.2) is 0 Å². The van der Waals surface area contributed by atoms with Crippen LogP contribution in [0.1, 0.15) is 40.0 Å². The number of ether oxygens (including phenoxy) is 1. The van der Waals surface area contributed by atoms with Crippen molar-refractivity contribution in [2.24, 2.45) is 5.92 Å². The normalized spacial score (nSPS) is 15.4. The zero-order chi connectivity index (χ0) is 17.4. The van der Waals surface area contributed by atoms with E-state index in [0.717, 1.165) is 37.4 Å². The average molecular weight is 335 g/mol. The van der Waals surface area contributed by atoms with Crippen molar-refractivity contribution in [2.45, 2.75) is 46.1 Å². The molecule has 0 radical (unpaired) electrons. The lowest BCUT2D eigenvalue weighted by molar-refractivity contribution is 0.0983. The number of carbonyl (C=O) groups is 1. The Morgan fingerprint density at radius 3 is 2.71 bits per heavy atom. The molecule has 2 N–H and O–H groups in total. The summed E-state index contributed by atoms with van der Waals surface area (Å²) < 4.78 is 5.04. The fourth-order valence-corrected chi connectivity index (χ4v) is 2.65. The van der Waals surface area contributed by atoms with Gasteiger partial charge in [-0.25, -0.2) is 14.8 Å². The lowest BCUT2D eigenvalue weighted by Gasteiger charge is -2.31. The second kappa shape index (κ2) is 9.30. The Morgan fingerprint density at radius 2 is 2.04 bits per heavy atom. The molecule has 2 heterocycles. The van der Waals surface area contributed by atoms with Gasteiger partial charge in [-0.3, -0.25) is 0 Å². The van der Waals surface area contributed by atoms with Crippen molar-refractivity contribution in [3.8, 4) is 0 Å². The molecule has 0 atom stereocenters. The average Bonchev–Trinajstić information content (AvgIpc) is 2.56. The predicted molar refractivity (Wildman–Crippen MR) is 95.2 cm³/mol. The van der Waals surface area contributed by atoms with Gasteiger partial charge < -0.3 is 20.3 Å². The van der Waals surface area contributed by atoms with Gasteiger partial charge in [0.05, 0.1) is 6.61 Å². The minimum absolute atomic E-state index is 0.213. The Hall–Kier alpha value is -2.05. The number of amides is 1. The number of rotatable bonds is 7. The second-order valence-corrected chi connectivity index (χ2v) is 6.50. The van der Waals surface area contributed by atoms with Gasteiger partial charge in [0.25, 0.3) is 0 Å². The molecule has 1 aromatic rings. The molecular weight excluding hydrogens is 306 g/mol. The SMILES string of the molecule is CCOC(=O)N1CCC(Nc2cc(NCCC(C)C)ncn2)CC1. The Morgan fingerprint density at radius 1 is 1.33 bits per heavy atom. The van der Waals surface area contributed by atoms with Gasteiger partial charge in [-0.2, -0.15) is 0 Å². The summed E-state index contributed by atoms with van der Waals surface area (Å²) in [4.78, 5) is 22.0. The summed E-state index contributed by atoms with van der Waals surface area (Å²) in [6, 6.07) is 2.26. The monoisotopic (exact) mass is 335 g/mol. The Balaban J connectivity index is 1.79. The summed E-state index contributed by atoms with van der Waals surface area (Å²) in [5, 5.41) is 6.77. The van der Waals surface area contributed by atoms with Crippen LogP contribution in [-0.2, 0) is 4.74 Å². The van der Waals surface area contributed by atoms with E-state index < -0.39 is 0 Å². The summed E-state index contributed by atoms with van der Waals surface area (Å²) in [5.41, 5.74) is 0. The highest BCUT2D eigenvalue weighted by Gasteiger charge is 2.23. The summed E-state index contributed by atoms with van der Waals surface area (Å²) in [6.45, 7) is 8.99. The number of nitrogens with one attached hydrogen (secondary N) is 2. The zero-order valence-electron chi connectivity index (χ0n) is 14.9. The van der Waals surface area contributed by atoms with Gasteiger partial charge >= 0.3 is 6.09 Å². The Bertz CT molecular complexity index is 515. The molecule has 134 valence electrons. The van der Waals surface area contributed by atoms with Crippen LogP contribution in [0, 0.1) is 5.92 Å². The number of carbonyl (C=O) groups excluding carboxylic acids is 1. The largest absolute Gasteiger partial charge is 0.450 e. The zero-order valence-corrected chi connectivity index (χ0v) is 14.9. The minimum Gasteiger partial charge on any atom is -0.450 e. The second-order valence-electron chi connectivity index (χ2n) is 6.50. The molecule has 1 amide bonds. The van der Waals surface area contributed by atoms with Crippen LogP contribution in [-0.4, -0.2) is 53.2 Å². The highest BCUT2D eigenvalue weighted by atomic mass is 16.6. The van der Waals surface area contributed by atoms with Crippen LogP contribution in [0.15, 0.2) is 12.4 Å². The molecule has 1 aromatic heterocycles. The molecule has 1 saturated heterocycles. The van der Waals surface area contributed by atoms with Crippen LogP contribution in [0.25, 0.3) is 0 Å². The molecule has 0 unspecified atom stereocenters. The van der Waals surface area contributed by atoms with E-state index in [9.17, 15) is 4.79 Å². The molecule has 7 nitrogen and oxygen atoms in total. The molecule has 1 fully saturated rings. The summed E-state index contributed by atoms with van der Waals surface area (Å²) in [5.74, 6) is 2.34. The van der Waals surface area contributed by atoms with Gasteiger partial charge in [-0.15, -0.1) is 0 Å². The molecular formula is C17H29N5O2. The molecule has 2 rings (SSSR count). The van der Waals surface area contributed by atoms with Crippen LogP contribution in [0.2, 0.25) is 0 Å². The number of likely N-dealkylation sites (tertiary alicyclic amines) is 1. The van der Waals surface area contributed by atoms with E-state index in [-0.39, 0.29) is 6.09 Å². The van der Waals surface area contributed by atoms with Crippen molar-refractivity contribution >= 4 is 17.7 Å². The van der Waals surface area contributed by atoms with Crippen molar-refractivity contribution < 1.29 is 9.53 Å². The maximum atomic E-state index is 11.7. The third-order valence-corrected chi connectivity index (χ3v) is 4.07. The fraction of sp³-hybridized carbons (Fsp3) is 0.706. The first-order valence-corrected chi connectivity index (χ1v) is 8.82. The predicted octanol–water partition coefficient (Wildman–Crippen LogP) is 2.97. The molecule has 1 aliphatic rings. The number of hydrogen-bond donors (Lipinski definition) is 2. The molecule has 0 bridgehead atoms. The highest BCUT2D eigenvalue weighted by Crippen LogP contribution is 2.17. The number of anilines is 2. The third kappa shape index (κ3) is 5.86. The van der Waals surface area contributed by atoms with Crippen molar-refractivity contribution in [3.63, 3.8) is 0 Å². The van der Waals surface area contributed by atoms with Crippen molar-refractivity contribution in [2.75, 3.05) is 36.9 Å². The number of hydrogen-bond acceptors (Lipinski definition) is 6. The van der Waals surface area contributed by atoms with E-state index >= 15 is 0 Å². The number of nitrogens with zero attached hydrogens (tertiary/aromatic N) is 3. The standard InChI is InChI=1S/C17H29N5O2/c1-4-24-17(23)22-9-6-14(7-10-22)21-16-11-15(19-12-20-16)18-8-5-13(2)3/h11-14H,4-10H2,1-3H3,(H2,18,19,20,21). The lowest BCUT2D eigenvalue weighted by Crippen LogP contribution is -2.42. The van der Waals surface area contributed by atoms with Crippen LogP contribution >= 0.6 is 0 Å². The summed E-state index contributed by atoms with van der Waals surface area (Å²) in [7, 11) is 0. The van der Waals surface area contributed by atoms with Crippen molar-refractivity contribution in [1.29, 1.82) is 0 Å². The van der Waals surface area contributed by atoms with E-state index in [4.69, 9.17) is 4.74 Å². The van der Waals surface area contributed by atoms with Gasteiger partial charge in [0.2, 0.25) is 0 Å². The van der Waals surface area contributed by atoms with E-state index in [2.05, 4.69) is 34.4 Å². The molecule has 1 aliphatic heterocycles. The molecule has 0 aliphatic carbocycles. The molecule has 0 aromatic carbocycles. The lowest BCUT2D eigenvalue weighted by atomic mass is 10.1. The fourth-order valence-electron chi connectivity index (χ4n) is 2.65. The van der Waals surface area contributed by atoms with Gasteiger partial charge in [-0.05, 0) is 32.1 Å². The van der Waals surface area contributed by atoms with Crippen LogP contribution < -0.4 is 10.6 Å². The number of aromatic nitrogens is 2. The quantitative estimate of drug-likeness (QED) is 0.797. The van der Waals surface area contributed by atoms with E-state index in [1.54, 1.807) is 11.2 Å². The third-order valence-electron chi connectivity index (χ3n) is 4.07. The van der Waals surface area contributed by atoms with Crippen LogP contribution in [0.5, 0.6) is 0 Å².